The second kappa shape index (κ2) is 8.43. The normalized spacial score (nSPS) is 14.6. The van der Waals surface area contributed by atoms with Crippen LogP contribution < -0.4 is 9.47 Å². The Morgan fingerprint density at radius 2 is 1.21 bits per heavy atom. The van der Waals surface area contributed by atoms with Crippen molar-refractivity contribution in [1.29, 1.82) is 0 Å². The maximum atomic E-state index is 12.3. The number of rotatable bonds is 6. The second-order valence-electron chi connectivity index (χ2n) is 9.19. The monoisotopic (exact) mass is 402 g/mol. The Hall–Kier alpha value is -1.57. The Kier molecular flexibility index (Phi) is 6.84. The molecular formula is C24H35O3P. The highest BCUT2D eigenvalue weighted by Crippen LogP contribution is 2.63. The van der Waals surface area contributed by atoms with Crippen molar-refractivity contribution >= 4 is 7.92 Å². The van der Waals surface area contributed by atoms with Crippen molar-refractivity contribution in [3.63, 3.8) is 0 Å². The van der Waals surface area contributed by atoms with E-state index in [1.54, 1.807) is 14.2 Å². The number of hydrogen-bond acceptors (Lipinski definition) is 3. The predicted octanol–water partition coefficient (Wildman–Crippen LogP) is 6.02. The first-order valence-electron chi connectivity index (χ1n) is 9.72. The Balaban J connectivity index is 2.78. The zero-order valence-corrected chi connectivity index (χ0v) is 19.4. The molecule has 0 saturated carbocycles. The molecule has 1 atom stereocenters. The summed E-state index contributed by atoms with van der Waals surface area (Å²) in [6.07, 6.45) is 0.621. The second-order valence-corrected chi connectivity index (χ2v) is 13.0. The highest BCUT2D eigenvalue weighted by Gasteiger charge is 2.45. The van der Waals surface area contributed by atoms with Crippen molar-refractivity contribution in [2.75, 3.05) is 20.4 Å². The van der Waals surface area contributed by atoms with Gasteiger partial charge in [-0.25, -0.2) is 0 Å². The molecule has 2 rings (SSSR count). The van der Waals surface area contributed by atoms with Crippen molar-refractivity contribution in [2.45, 2.75) is 57.5 Å². The Labute approximate surface area is 171 Å². The molecule has 154 valence electrons. The molecule has 0 fully saturated rings. The number of aliphatic hydroxyl groups is 1. The van der Waals surface area contributed by atoms with E-state index in [2.05, 4.69) is 41.5 Å². The molecule has 0 aliphatic heterocycles. The molecule has 4 heteroatoms. The molecule has 0 saturated heterocycles. The van der Waals surface area contributed by atoms with Gasteiger partial charge in [0.25, 0.3) is 0 Å². The topological polar surface area (TPSA) is 38.7 Å². The van der Waals surface area contributed by atoms with Gasteiger partial charge in [-0.1, -0.05) is 85.9 Å². The third-order valence-corrected chi connectivity index (χ3v) is 9.11. The molecule has 2 aromatic carbocycles. The van der Waals surface area contributed by atoms with Gasteiger partial charge < -0.3 is 14.6 Å². The van der Waals surface area contributed by atoms with Crippen molar-refractivity contribution in [2.24, 2.45) is 0 Å². The fourth-order valence-corrected chi connectivity index (χ4v) is 7.76. The summed E-state index contributed by atoms with van der Waals surface area (Å²) < 4.78 is 11.4. The first-order valence-corrected chi connectivity index (χ1v) is 11.2. The van der Waals surface area contributed by atoms with Gasteiger partial charge in [-0.15, -0.1) is 0 Å². The van der Waals surface area contributed by atoms with Crippen molar-refractivity contribution in [1.82, 2.24) is 0 Å². The summed E-state index contributed by atoms with van der Waals surface area (Å²) in [7, 11) is 2.70. The minimum atomic E-state index is -1.22. The molecule has 0 bridgehead atoms. The van der Waals surface area contributed by atoms with E-state index in [-0.39, 0.29) is 10.3 Å². The molecule has 0 aliphatic carbocycles. The van der Waals surface area contributed by atoms with E-state index in [1.165, 1.54) is 0 Å². The fraction of sp³-hybridized carbons (Fsp3) is 0.500. The molecule has 0 heterocycles. The van der Waals surface area contributed by atoms with Gasteiger partial charge in [-0.2, -0.15) is 0 Å². The lowest BCUT2D eigenvalue weighted by Crippen LogP contribution is -2.38. The molecule has 0 aliphatic rings. The average molecular weight is 403 g/mol. The molecule has 0 amide bonds. The quantitative estimate of drug-likeness (QED) is 0.601. The summed E-state index contributed by atoms with van der Waals surface area (Å²) in [6, 6.07) is 15.6. The van der Waals surface area contributed by atoms with E-state index in [9.17, 15) is 5.11 Å². The molecular weight excluding hydrogens is 367 g/mol. The van der Waals surface area contributed by atoms with Crippen LogP contribution in [0.25, 0.3) is 0 Å². The van der Waals surface area contributed by atoms with E-state index in [0.29, 0.717) is 23.2 Å². The van der Waals surface area contributed by atoms with E-state index in [1.807, 2.05) is 48.5 Å². The van der Waals surface area contributed by atoms with Crippen molar-refractivity contribution < 1.29 is 14.6 Å². The smallest absolute Gasteiger partial charge is 0.129 e. The first kappa shape index (κ1) is 22.7. The summed E-state index contributed by atoms with van der Waals surface area (Å²) >= 11 is 0. The molecule has 0 radical (unpaired) electrons. The maximum absolute atomic E-state index is 12.3. The lowest BCUT2D eigenvalue weighted by Gasteiger charge is -2.46. The van der Waals surface area contributed by atoms with Crippen LogP contribution in [0.15, 0.2) is 48.5 Å². The Bertz CT molecular complexity index is 738. The highest BCUT2D eigenvalue weighted by molar-refractivity contribution is 7.60. The van der Waals surface area contributed by atoms with Crippen molar-refractivity contribution in [3.8, 4) is 11.5 Å². The van der Waals surface area contributed by atoms with Gasteiger partial charge in [0.15, 0.2) is 0 Å². The van der Waals surface area contributed by atoms with Gasteiger partial charge in [0.2, 0.25) is 0 Å². The summed E-state index contributed by atoms with van der Waals surface area (Å²) in [5, 5.41) is 12.5. The minimum absolute atomic E-state index is 0.0750. The molecule has 1 N–H and O–H groups in total. The van der Waals surface area contributed by atoms with Gasteiger partial charge in [0.1, 0.15) is 17.1 Å². The Morgan fingerprint density at radius 3 is 1.61 bits per heavy atom. The zero-order valence-electron chi connectivity index (χ0n) is 18.5. The van der Waals surface area contributed by atoms with Crippen LogP contribution in [0.1, 0.15) is 52.7 Å². The minimum Gasteiger partial charge on any atom is -0.496 e. The van der Waals surface area contributed by atoms with Crippen LogP contribution >= 0.6 is 7.92 Å². The van der Waals surface area contributed by atoms with E-state index in [0.717, 1.165) is 5.56 Å². The summed E-state index contributed by atoms with van der Waals surface area (Å²) in [6.45, 7) is 13.6. The van der Waals surface area contributed by atoms with Gasteiger partial charge in [0.05, 0.1) is 19.8 Å². The molecule has 0 aromatic heterocycles. The first-order chi connectivity index (χ1) is 12.9. The summed E-state index contributed by atoms with van der Waals surface area (Å²) in [5.74, 6) is 1.28. The summed E-state index contributed by atoms with van der Waals surface area (Å²) in [4.78, 5) is 0. The van der Waals surface area contributed by atoms with Gasteiger partial charge >= 0.3 is 0 Å². The van der Waals surface area contributed by atoms with Crippen LogP contribution in [-0.2, 0) is 5.60 Å². The van der Waals surface area contributed by atoms with Crippen molar-refractivity contribution in [3.05, 3.63) is 59.7 Å². The number of methoxy groups -OCH3 is 2. The standard InChI is InChI=1S/C24H35O3P/c1-22(2,3)28(23(4,5)6)17-24(25,18-13-10-9-11-14-18)21-19(26-7)15-12-16-20(21)27-8/h9-16,25H,17H2,1-8H3. The van der Waals surface area contributed by atoms with Gasteiger partial charge in [0, 0.05) is 6.16 Å². The lowest BCUT2D eigenvalue weighted by molar-refractivity contribution is 0.0986. The number of ether oxygens (including phenoxy) is 2. The van der Waals surface area contributed by atoms with Crippen LogP contribution in [0.5, 0.6) is 11.5 Å². The van der Waals surface area contributed by atoms with Gasteiger partial charge in [-0.05, 0) is 28.0 Å². The lowest BCUT2D eigenvalue weighted by atomic mass is 9.86. The third kappa shape index (κ3) is 4.70. The average Bonchev–Trinajstić information content (AvgIpc) is 2.64. The zero-order chi connectivity index (χ0) is 21.2. The number of benzene rings is 2. The van der Waals surface area contributed by atoms with Crippen LogP contribution in [0.2, 0.25) is 0 Å². The number of hydrogen-bond donors (Lipinski definition) is 1. The van der Waals surface area contributed by atoms with Gasteiger partial charge in [-0.3, -0.25) is 0 Å². The highest BCUT2D eigenvalue weighted by atomic mass is 31.1. The maximum Gasteiger partial charge on any atom is 0.129 e. The third-order valence-electron chi connectivity index (χ3n) is 5.10. The molecule has 0 spiro atoms. The van der Waals surface area contributed by atoms with Crippen LogP contribution in [-0.4, -0.2) is 35.8 Å². The SMILES string of the molecule is COc1cccc(OC)c1C(O)(CP(C(C)(C)C)C(C)(C)C)c1ccccc1. The molecule has 28 heavy (non-hydrogen) atoms. The van der Waals surface area contributed by atoms with Crippen LogP contribution in [0, 0.1) is 0 Å². The van der Waals surface area contributed by atoms with Crippen LogP contribution in [0.4, 0.5) is 0 Å². The van der Waals surface area contributed by atoms with E-state index in [4.69, 9.17) is 9.47 Å². The van der Waals surface area contributed by atoms with E-state index >= 15 is 0 Å². The predicted molar refractivity (Wildman–Crippen MR) is 120 cm³/mol. The van der Waals surface area contributed by atoms with Crippen LogP contribution in [0.3, 0.4) is 0 Å². The largest absolute Gasteiger partial charge is 0.496 e. The fourth-order valence-electron chi connectivity index (χ4n) is 4.00. The molecule has 3 nitrogen and oxygen atoms in total. The van der Waals surface area contributed by atoms with E-state index < -0.39 is 13.5 Å². The molecule has 2 aromatic rings. The Morgan fingerprint density at radius 1 is 0.750 bits per heavy atom. The summed E-state index contributed by atoms with van der Waals surface area (Å²) in [5.41, 5.74) is 0.344. The molecule has 1 unspecified atom stereocenters.